The van der Waals surface area contributed by atoms with E-state index in [-0.39, 0.29) is 6.16 Å². The van der Waals surface area contributed by atoms with E-state index in [1.54, 1.807) is 20.8 Å². The molecular weight excluding hydrogens is 441 g/mol. The van der Waals surface area contributed by atoms with E-state index in [1.807, 2.05) is 66.7 Å². The fourth-order valence-corrected chi connectivity index (χ4v) is 7.40. The number of esters is 1. The third-order valence-electron chi connectivity index (χ3n) is 4.94. The average molecular weight is 470 g/mol. The molecule has 0 bridgehead atoms. The molecule has 0 fully saturated rings. The summed E-state index contributed by atoms with van der Waals surface area (Å²) >= 11 is 6.31. The van der Waals surface area contributed by atoms with Gasteiger partial charge in [0.2, 0.25) is 0 Å². The lowest BCUT2D eigenvalue weighted by Gasteiger charge is -2.29. The van der Waals surface area contributed by atoms with E-state index in [0.29, 0.717) is 0 Å². The lowest BCUT2D eigenvalue weighted by molar-refractivity contribution is -0.142. The Kier molecular flexibility index (Phi) is 7.37. The molecule has 3 aromatic rings. The van der Waals surface area contributed by atoms with Crippen molar-refractivity contribution in [3.05, 3.63) is 72.8 Å². The standard InChI is InChI=1S/C25H28NO4PS/c1-25(2,3)30-24(28)26-22(23(27)29-4)17-31(32,20-12-6-5-7-13-20)21-15-14-18-10-8-9-11-19(18)16-21/h5-16,22H,17H2,1-4H3,(H,26,28)/t22-,31?/m0/s1. The van der Waals surface area contributed by atoms with Gasteiger partial charge in [-0.15, -0.1) is 0 Å². The molecule has 0 spiro atoms. The van der Waals surface area contributed by atoms with Gasteiger partial charge in [0.1, 0.15) is 11.6 Å². The van der Waals surface area contributed by atoms with Gasteiger partial charge in [-0.2, -0.15) is 0 Å². The van der Waals surface area contributed by atoms with Crippen LogP contribution in [0.15, 0.2) is 72.8 Å². The van der Waals surface area contributed by atoms with Crippen LogP contribution in [0.3, 0.4) is 0 Å². The van der Waals surface area contributed by atoms with Crippen LogP contribution >= 0.6 is 6.04 Å². The van der Waals surface area contributed by atoms with E-state index < -0.39 is 29.7 Å². The second-order valence-corrected chi connectivity index (χ2v) is 13.3. The van der Waals surface area contributed by atoms with Crippen LogP contribution in [0.4, 0.5) is 4.79 Å². The van der Waals surface area contributed by atoms with Gasteiger partial charge in [-0.3, -0.25) is 0 Å². The van der Waals surface area contributed by atoms with Crippen molar-refractivity contribution in [1.29, 1.82) is 0 Å². The normalized spacial score (nSPS) is 14.2. The Morgan fingerprint density at radius 3 is 2.19 bits per heavy atom. The van der Waals surface area contributed by atoms with Gasteiger partial charge < -0.3 is 14.8 Å². The number of alkyl carbamates (subject to hydrolysis) is 1. The van der Waals surface area contributed by atoms with E-state index in [2.05, 4.69) is 11.4 Å². The molecule has 0 radical (unpaired) electrons. The maximum Gasteiger partial charge on any atom is 0.408 e. The summed E-state index contributed by atoms with van der Waals surface area (Å²) in [6.45, 7) is 5.30. The first-order valence-electron chi connectivity index (χ1n) is 10.3. The SMILES string of the molecule is COC(=O)[C@H](CP(=S)(c1ccccc1)c1ccc2ccccc2c1)NC(=O)OC(C)(C)C. The molecule has 7 heteroatoms. The Morgan fingerprint density at radius 1 is 0.938 bits per heavy atom. The molecule has 5 nitrogen and oxygen atoms in total. The summed E-state index contributed by atoms with van der Waals surface area (Å²) in [4.78, 5) is 25.1. The summed E-state index contributed by atoms with van der Waals surface area (Å²) in [5, 5.41) is 6.80. The van der Waals surface area contributed by atoms with Crippen LogP contribution in [0.2, 0.25) is 0 Å². The molecule has 168 valence electrons. The van der Waals surface area contributed by atoms with E-state index in [4.69, 9.17) is 21.3 Å². The first kappa shape index (κ1) is 24.0. The summed E-state index contributed by atoms with van der Waals surface area (Å²) in [5.41, 5.74) is -0.692. The minimum atomic E-state index is -2.50. The second kappa shape index (κ2) is 9.85. The highest BCUT2D eigenvalue weighted by molar-refractivity contribution is 8.22. The predicted octanol–water partition coefficient (Wildman–Crippen LogP) is 4.34. The smallest absolute Gasteiger partial charge is 0.408 e. The number of fused-ring (bicyclic) bond motifs is 1. The number of hydrogen-bond donors (Lipinski definition) is 1. The van der Waals surface area contributed by atoms with Gasteiger partial charge in [0.25, 0.3) is 0 Å². The van der Waals surface area contributed by atoms with E-state index in [9.17, 15) is 9.59 Å². The van der Waals surface area contributed by atoms with E-state index in [1.165, 1.54) is 7.11 Å². The molecule has 0 saturated carbocycles. The van der Waals surface area contributed by atoms with Gasteiger partial charge in [-0.1, -0.05) is 78.5 Å². The summed E-state index contributed by atoms with van der Waals surface area (Å²) in [6.07, 6.45) is -0.447. The first-order chi connectivity index (χ1) is 15.1. The van der Waals surface area contributed by atoms with E-state index in [0.717, 1.165) is 21.4 Å². The second-order valence-electron chi connectivity index (χ2n) is 8.51. The quantitative estimate of drug-likeness (QED) is 0.430. The van der Waals surface area contributed by atoms with Crippen molar-refractivity contribution >= 4 is 51.3 Å². The van der Waals surface area contributed by atoms with Crippen LogP contribution < -0.4 is 15.9 Å². The molecule has 0 aliphatic carbocycles. The minimum Gasteiger partial charge on any atom is -0.467 e. The number of carbonyl (C=O) groups is 2. The maximum atomic E-state index is 12.6. The Morgan fingerprint density at radius 2 is 1.56 bits per heavy atom. The van der Waals surface area contributed by atoms with Crippen molar-refractivity contribution in [1.82, 2.24) is 5.32 Å². The van der Waals surface area contributed by atoms with Crippen molar-refractivity contribution in [3.63, 3.8) is 0 Å². The van der Waals surface area contributed by atoms with Gasteiger partial charge in [0.05, 0.1) is 7.11 Å². The zero-order valence-electron chi connectivity index (χ0n) is 18.7. The Labute approximate surface area is 194 Å². The number of rotatable bonds is 6. The van der Waals surface area contributed by atoms with Crippen LogP contribution in [0.1, 0.15) is 20.8 Å². The molecule has 2 atom stereocenters. The Balaban J connectivity index is 2.04. The highest BCUT2D eigenvalue weighted by atomic mass is 32.4. The molecule has 1 N–H and O–H groups in total. The lowest BCUT2D eigenvalue weighted by atomic mass is 10.1. The van der Waals surface area contributed by atoms with Crippen molar-refractivity contribution in [2.45, 2.75) is 32.4 Å². The highest BCUT2D eigenvalue weighted by Crippen LogP contribution is 2.45. The fraction of sp³-hybridized carbons (Fsp3) is 0.280. The number of nitrogens with one attached hydrogen (secondary N) is 1. The molecule has 1 amide bonds. The third-order valence-corrected chi connectivity index (χ3v) is 9.78. The number of benzene rings is 3. The summed E-state index contributed by atoms with van der Waals surface area (Å²) < 4.78 is 10.4. The molecule has 0 heterocycles. The summed E-state index contributed by atoms with van der Waals surface area (Å²) in [5.74, 6) is -0.554. The molecular formula is C25H28NO4PS. The maximum absolute atomic E-state index is 12.6. The van der Waals surface area contributed by atoms with Crippen LogP contribution in [0.25, 0.3) is 10.8 Å². The molecule has 0 aliphatic rings. The van der Waals surface area contributed by atoms with Crippen LogP contribution in [0.5, 0.6) is 0 Å². The summed E-state index contributed by atoms with van der Waals surface area (Å²) in [6, 6.07) is 20.6. The largest absolute Gasteiger partial charge is 0.467 e. The van der Waals surface area contributed by atoms with Crippen molar-refractivity contribution in [2.75, 3.05) is 13.3 Å². The number of amides is 1. The number of hydrogen-bond acceptors (Lipinski definition) is 5. The van der Waals surface area contributed by atoms with Crippen molar-refractivity contribution in [3.8, 4) is 0 Å². The van der Waals surface area contributed by atoms with Crippen LogP contribution in [0, 0.1) is 0 Å². The van der Waals surface area contributed by atoms with Gasteiger partial charge in [0.15, 0.2) is 0 Å². The Bertz CT molecular complexity index is 1160. The average Bonchev–Trinajstić information content (AvgIpc) is 2.77. The number of carbonyl (C=O) groups excluding carboxylic acids is 2. The zero-order chi connectivity index (χ0) is 23.4. The lowest BCUT2D eigenvalue weighted by Crippen LogP contribution is -2.47. The predicted molar refractivity (Wildman–Crippen MR) is 134 cm³/mol. The first-order valence-corrected chi connectivity index (χ1v) is 13.3. The number of methoxy groups -OCH3 is 1. The zero-order valence-corrected chi connectivity index (χ0v) is 20.4. The topological polar surface area (TPSA) is 64.6 Å². The van der Waals surface area contributed by atoms with Gasteiger partial charge in [-0.25, -0.2) is 9.59 Å². The molecule has 3 aromatic carbocycles. The van der Waals surface area contributed by atoms with Gasteiger partial charge in [-0.05, 0) is 48.2 Å². The van der Waals surface area contributed by atoms with Crippen molar-refractivity contribution < 1.29 is 19.1 Å². The minimum absolute atomic E-state index is 0.233. The van der Waals surface area contributed by atoms with Gasteiger partial charge >= 0.3 is 12.1 Å². The van der Waals surface area contributed by atoms with E-state index >= 15 is 0 Å². The molecule has 0 saturated heterocycles. The number of ether oxygens (including phenoxy) is 2. The molecule has 3 rings (SSSR count). The Hall–Kier alpha value is -2.69. The van der Waals surface area contributed by atoms with Crippen molar-refractivity contribution in [2.24, 2.45) is 0 Å². The monoisotopic (exact) mass is 469 g/mol. The molecule has 32 heavy (non-hydrogen) atoms. The molecule has 1 unspecified atom stereocenters. The third kappa shape index (κ3) is 5.76. The molecule has 0 aromatic heterocycles. The molecule has 0 aliphatic heterocycles. The summed E-state index contributed by atoms with van der Waals surface area (Å²) in [7, 11) is 1.30. The van der Waals surface area contributed by atoms with Crippen LogP contribution in [-0.4, -0.2) is 37.0 Å². The van der Waals surface area contributed by atoms with Crippen LogP contribution in [-0.2, 0) is 26.1 Å². The fourth-order valence-electron chi connectivity index (χ4n) is 3.46. The van der Waals surface area contributed by atoms with Gasteiger partial charge in [0, 0.05) is 12.2 Å². The highest BCUT2D eigenvalue weighted by Gasteiger charge is 2.33.